The molecule has 0 saturated carbocycles. The zero-order valence-electron chi connectivity index (χ0n) is 12.8. The second kappa shape index (κ2) is 8.08. The molecule has 0 saturated heterocycles. The fourth-order valence-corrected chi connectivity index (χ4v) is 2.06. The van der Waals surface area contributed by atoms with Crippen molar-refractivity contribution in [3.05, 3.63) is 65.5 Å². The van der Waals surface area contributed by atoms with Gasteiger partial charge in [-0.15, -0.1) is 0 Å². The van der Waals surface area contributed by atoms with E-state index in [1.54, 1.807) is 0 Å². The topological polar surface area (TPSA) is 55.4 Å². The third kappa shape index (κ3) is 4.92. The van der Waals surface area contributed by atoms with E-state index in [1.165, 1.54) is 12.1 Å². The van der Waals surface area contributed by atoms with Gasteiger partial charge in [0.1, 0.15) is 12.4 Å². The third-order valence-corrected chi connectivity index (χ3v) is 3.20. The van der Waals surface area contributed by atoms with E-state index in [4.69, 9.17) is 4.74 Å². The molecule has 0 bridgehead atoms. The molecule has 0 fully saturated rings. The first-order valence-electron chi connectivity index (χ1n) is 7.40. The van der Waals surface area contributed by atoms with Gasteiger partial charge < -0.3 is 4.74 Å². The van der Waals surface area contributed by atoms with E-state index in [9.17, 15) is 14.0 Å². The van der Waals surface area contributed by atoms with E-state index in [0.29, 0.717) is 12.1 Å². The molecule has 0 atom stereocenters. The summed E-state index contributed by atoms with van der Waals surface area (Å²) >= 11 is 0. The van der Waals surface area contributed by atoms with E-state index in [-0.39, 0.29) is 24.4 Å². The number of carbonyl (C=O) groups excluding carboxylic acids is 2. The van der Waals surface area contributed by atoms with Crippen LogP contribution < -0.4 is 5.32 Å². The molecular formula is C18H18FNO3. The van der Waals surface area contributed by atoms with Crippen LogP contribution in [0, 0.1) is 5.82 Å². The lowest BCUT2D eigenvalue weighted by atomic mass is 10.1. The highest BCUT2D eigenvalue weighted by molar-refractivity contribution is 5.98. The lowest BCUT2D eigenvalue weighted by Gasteiger charge is -2.09. The number of ketones is 1. The third-order valence-electron chi connectivity index (χ3n) is 3.20. The highest BCUT2D eigenvalue weighted by Gasteiger charge is 2.13. The summed E-state index contributed by atoms with van der Waals surface area (Å²) < 4.78 is 18.8. The van der Waals surface area contributed by atoms with E-state index in [1.807, 2.05) is 37.3 Å². The minimum atomic E-state index is -0.658. The van der Waals surface area contributed by atoms with Gasteiger partial charge in [0.15, 0.2) is 5.78 Å². The smallest absolute Gasteiger partial charge is 0.411 e. The number of anilines is 1. The van der Waals surface area contributed by atoms with Crippen LogP contribution >= 0.6 is 0 Å². The van der Waals surface area contributed by atoms with Crippen molar-refractivity contribution in [3.63, 3.8) is 0 Å². The Morgan fingerprint density at radius 1 is 1.13 bits per heavy atom. The van der Waals surface area contributed by atoms with Gasteiger partial charge in [-0.2, -0.15) is 0 Å². The van der Waals surface area contributed by atoms with Gasteiger partial charge in [-0.1, -0.05) is 37.3 Å². The Balaban J connectivity index is 1.98. The molecule has 5 heteroatoms. The summed E-state index contributed by atoms with van der Waals surface area (Å²) in [6.45, 7) is 1.98. The molecule has 4 nitrogen and oxygen atoms in total. The van der Waals surface area contributed by atoms with Crippen molar-refractivity contribution in [2.45, 2.75) is 26.4 Å². The zero-order chi connectivity index (χ0) is 16.7. The largest absolute Gasteiger partial charge is 0.444 e. The van der Waals surface area contributed by atoms with Gasteiger partial charge >= 0.3 is 6.09 Å². The van der Waals surface area contributed by atoms with Crippen LogP contribution in [0.1, 0.15) is 35.7 Å². The van der Waals surface area contributed by atoms with Crippen molar-refractivity contribution in [3.8, 4) is 0 Å². The predicted molar refractivity (Wildman–Crippen MR) is 85.9 cm³/mol. The molecule has 2 rings (SSSR count). The van der Waals surface area contributed by atoms with Gasteiger partial charge in [-0.05, 0) is 30.2 Å². The normalized spacial score (nSPS) is 10.2. The van der Waals surface area contributed by atoms with Gasteiger partial charge in [0.25, 0.3) is 0 Å². The Kier molecular flexibility index (Phi) is 5.86. The molecule has 0 radical (unpaired) electrons. The Labute approximate surface area is 134 Å². The number of rotatable bonds is 6. The van der Waals surface area contributed by atoms with Crippen LogP contribution in [0.3, 0.4) is 0 Å². The molecule has 0 heterocycles. The molecule has 0 spiro atoms. The number of carbonyl (C=O) groups is 2. The predicted octanol–water partition coefficient (Wildman–Crippen LogP) is 4.56. The molecule has 23 heavy (non-hydrogen) atoms. The van der Waals surface area contributed by atoms with Crippen LogP contribution in [0.25, 0.3) is 0 Å². The second-order valence-electron chi connectivity index (χ2n) is 5.05. The highest BCUT2D eigenvalue weighted by Crippen LogP contribution is 2.17. The molecule has 2 aromatic carbocycles. The summed E-state index contributed by atoms with van der Waals surface area (Å²) in [5.41, 5.74) is 1.16. The number of amides is 1. The number of hydrogen-bond acceptors (Lipinski definition) is 3. The van der Waals surface area contributed by atoms with Gasteiger partial charge in [-0.25, -0.2) is 9.18 Å². The van der Waals surface area contributed by atoms with Crippen molar-refractivity contribution in [1.29, 1.82) is 0 Å². The van der Waals surface area contributed by atoms with Crippen molar-refractivity contribution >= 4 is 17.6 Å². The summed E-state index contributed by atoms with van der Waals surface area (Å²) in [5, 5.41) is 2.50. The maximum atomic E-state index is 13.7. The first-order chi connectivity index (χ1) is 11.1. The highest BCUT2D eigenvalue weighted by atomic mass is 19.1. The monoisotopic (exact) mass is 315 g/mol. The number of benzene rings is 2. The Bertz CT molecular complexity index is 686. The average molecular weight is 315 g/mol. The van der Waals surface area contributed by atoms with Gasteiger partial charge in [0, 0.05) is 12.1 Å². The molecule has 2 aromatic rings. The number of hydrogen-bond donors (Lipinski definition) is 1. The fourth-order valence-electron chi connectivity index (χ4n) is 2.06. The molecule has 0 aliphatic carbocycles. The lowest BCUT2D eigenvalue weighted by molar-refractivity contribution is 0.0977. The summed E-state index contributed by atoms with van der Waals surface area (Å²) in [6, 6.07) is 13.1. The van der Waals surface area contributed by atoms with E-state index < -0.39 is 11.9 Å². The summed E-state index contributed by atoms with van der Waals surface area (Å²) in [5.74, 6) is -0.877. The summed E-state index contributed by atoms with van der Waals surface area (Å²) in [7, 11) is 0. The van der Waals surface area contributed by atoms with Crippen molar-refractivity contribution in [2.24, 2.45) is 0 Å². The first kappa shape index (κ1) is 16.7. The molecule has 1 amide bonds. The maximum absolute atomic E-state index is 13.7. The molecule has 0 aliphatic rings. The molecule has 0 aliphatic heterocycles. The van der Waals surface area contributed by atoms with Gasteiger partial charge in [0.2, 0.25) is 0 Å². The van der Waals surface area contributed by atoms with Crippen molar-refractivity contribution < 1.29 is 18.7 Å². The van der Waals surface area contributed by atoms with Crippen molar-refractivity contribution in [1.82, 2.24) is 0 Å². The SMILES string of the molecule is CCCC(=O)c1cc(NC(=O)OCc2ccccc2)ccc1F. The van der Waals surface area contributed by atoms with E-state index >= 15 is 0 Å². The van der Waals surface area contributed by atoms with Crippen LogP contribution in [-0.2, 0) is 11.3 Å². The number of nitrogens with one attached hydrogen (secondary N) is 1. The fraction of sp³-hybridized carbons (Fsp3) is 0.222. The quantitative estimate of drug-likeness (QED) is 0.795. The van der Waals surface area contributed by atoms with Gasteiger partial charge in [0.05, 0.1) is 5.56 Å². The van der Waals surface area contributed by atoms with E-state index in [0.717, 1.165) is 11.6 Å². The average Bonchev–Trinajstić information content (AvgIpc) is 2.56. The molecular weight excluding hydrogens is 297 g/mol. The summed E-state index contributed by atoms with van der Waals surface area (Å²) in [6.07, 6.45) is 0.239. The van der Waals surface area contributed by atoms with Crippen LogP contribution in [0.5, 0.6) is 0 Å². The van der Waals surface area contributed by atoms with Crippen molar-refractivity contribution in [2.75, 3.05) is 5.32 Å². The Morgan fingerprint density at radius 3 is 2.57 bits per heavy atom. The first-order valence-corrected chi connectivity index (χ1v) is 7.40. The minimum absolute atomic E-state index is 0.0206. The van der Waals surface area contributed by atoms with Crippen LogP contribution in [0.15, 0.2) is 48.5 Å². The number of halogens is 1. The molecule has 120 valence electrons. The maximum Gasteiger partial charge on any atom is 0.411 e. The number of ether oxygens (including phenoxy) is 1. The Morgan fingerprint density at radius 2 is 1.87 bits per heavy atom. The molecule has 0 aromatic heterocycles. The lowest BCUT2D eigenvalue weighted by Crippen LogP contribution is -2.14. The van der Waals surface area contributed by atoms with Gasteiger partial charge in [-0.3, -0.25) is 10.1 Å². The zero-order valence-corrected chi connectivity index (χ0v) is 12.8. The second-order valence-corrected chi connectivity index (χ2v) is 5.05. The van der Waals surface area contributed by atoms with Crippen LogP contribution in [0.2, 0.25) is 0 Å². The van der Waals surface area contributed by atoms with E-state index in [2.05, 4.69) is 5.32 Å². The molecule has 0 unspecified atom stereocenters. The molecule has 1 N–H and O–H groups in total. The summed E-state index contributed by atoms with van der Waals surface area (Å²) in [4.78, 5) is 23.6. The standard InChI is InChI=1S/C18H18FNO3/c1-2-6-17(21)15-11-14(9-10-16(15)19)20-18(22)23-12-13-7-4-3-5-8-13/h3-5,7-11H,2,6,12H2,1H3,(H,20,22). The van der Waals surface area contributed by atoms with Crippen LogP contribution in [0.4, 0.5) is 14.9 Å². The Hall–Kier alpha value is -2.69. The van der Waals surface area contributed by atoms with Crippen LogP contribution in [-0.4, -0.2) is 11.9 Å². The number of Topliss-reactive ketones (excluding diaryl/α,β-unsaturated/α-hetero) is 1. The minimum Gasteiger partial charge on any atom is -0.444 e.